The lowest BCUT2D eigenvalue weighted by atomic mass is 10.0. The summed E-state index contributed by atoms with van der Waals surface area (Å²) in [6, 6.07) is 0.495. The molecule has 0 spiro atoms. The maximum atomic E-state index is 5.83. The number of halogens is 1. The van der Waals surface area contributed by atoms with E-state index in [1.54, 1.807) is 0 Å². The second kappa shape index (κ2) is 6.73. The second-order valence-electron chi connectivity index (χ2n) is 4.28. The number of hydrogen-bond donors (Lipinski definition) is 1. The van der Waals surface area contributed by atoms with Crippen LogP contribution in [-0.4, -0.2) is 18.5 Å². The van der Waals surface area contributed by atoms with Gasteiger partial charge in [-0.2, -0.15) is 0 Å². The van der Waals surface area contributed by atoms with Crippen molar-refractivity contribution in [3.63, 3.8) is 0 Å². The molecule has 0 unspecified atom stereocenters. The molecule has 0 rings (SSSR count). The van der Waals surface area contributed by atoms with Gasteiger partial charge in [0.2, 0.25) is 0 Å². The minimum absolute atomic E-state index is 0.495. The minimum Gasteiger partial charge on any atom is -0.313 e. The molecule has 2 heteroatoms. The normalized spacial score (nSPS) is 14.2. The Morgan fingerprint density at radius 3 is 2.00 bits per heavy atom. The van der Waals surface area contributed by atoms with Gasteiger partial charge in [-0.25, -0.2) is 0 Å². The molecule has 1 atom stereocenters. The maximum absolute atomic E-state index is 5.83. The Morgan fingerprint density at radius 1 is 1.08 bits per heavy atom. The van der Waals surface area contributed by atoms with E-state index in [2.05, 4.69) is 33.0 Å². The van der Waals surface area contributed by atoms with Crippen molar-refractivity contribution in [3.8, 4) is 0 Å². The van der Waals surface area contributed by atoms with E-state index in [9.17, 15) is 0 Å². The first-order valence-electron chi connectivity index (χ1n) is 4.85. The third-order valence-electron chi connectivity index (χ3n) is 1.76. The van der Waals surface area contributed by atoms with Crippen molar-refractivity contribution in [3.05, 3.63) is 0 Å². The average Bonchev–Trinajstić information content (AvgIpc) is 1.97. The summed E-state index contributed by atoms with van der Waals surface area (Å²) in [6.07, 6.45) is 1.18. The minimum atomic E-state index is 0.495. The summed E-state index contributed by atoms with van der Waals surface area (Å²) in [4.78, 5) is 0. The highest BCUT2D eigenvalue weighted by atomic mass is 35.5. The van der Waals surface area contributed by atoms with Gasteiger partial charge >= 0.3 is 0 Å². The zero-order valence-corrected chi connectivity index (χ0v) is 9.49. The fraction of sp³-hybridized carbons (Fsp3) is 1.00. The van der Waals surface area contributed by atoms with Gasteiger partial charge in [-0.3, -0.25) is 0 Å². The second-order valence-corrected chi connectivity index (χ2v) is 4.59. The lowest BCUT2D eigenvalue weighted by molar-refractivity contribution is 0.420. The molecule has 1 nitrogen and oxygen atoms in total. The van der Waals surface area contributed by atoms with Gasteiger partial charge in [0.05, 0.1) is 0 Å². The molecule has 0 fully saturated rings. The molecule has 0 heterocycles. The Hall–Kier alpha value is 0.250. The first kappa shape index (κ1) is 12.2. The lowest BCUT2D eigenvalue weighted by Gasteiger charge is -2.19. The largest absolute Gasteiger partial charge is 0.313 e. The van der Waals surface area contributed by atoms with Crippen molar-refractivity contribution in [2.75, 3.05) is 12.4 Å². The van der Waals surface area contributed by atoms with Gasteiger partial charge in [-0.1, -0.05) is 27.7 Å². The van der Waals surface area contributed by atoms with Crippen LogP contribution in [0.1, 0.15) is 34.1 Å². The molecule has 12 heavy (non-hydrogen) atoms. The van der Waals surface area contributed by atoms with Gasteiger partial charge in [0.15, 0.2) is 0 Å². The fourth-order valence-corrected chi connectivity index (χ4v) is 1.41. The van der Waals surface area contributed by atoms with E-state index in [1.165, 1.54) is 6.42 Å². The molecule has 0 aromatic rings. The summed E-state index contributed by atoms with van der Waals surface area (Å²) < 4.78 is 0. The summed E-state index contributed by atoms with van der Waals surface area (Å²) in [5.41, 5.74) is 0. The molecule has 0 aliphatic heterocycles. The summed E-state index contributed by atoms with van der Waals surface area (Å²) >= 11 is 5.83. The third kappa shape index (κ3) is 6.93. The summed E-state index contributed by atoms with van der Waals surface area (Å²) in [5, 5.41) is 3.47. The SMILES string of the molecule is CC(C)CN[C@H](CCl)CC(C)C. The van der Waals surface area contributed by atoms with Crippen LogP contribution in [0.3, 0.4) is 0 Å². The van der Waals surface area contributed by atoms with Crippen LogP contribution in [0.5, 0.6) is 0 Å². The van der Waals surface area contributed by atoms with Crippen LogP contribution in [0.25, 0.3) is 0 Å². The predicted molar refractivity (Wildman–Crippen MR) is 56.8 cm³/mol. The predicted octanol–water partition coefficient (Wildman–Crippen LogP) is 2.89. The molecule has 1 N–H and O–H groups in total. The number of rotatable bonds is 6. The highest BCUT2D eigenvalue weighted by Crippen LogP contribution is 2.06. The highest BCUT2D eigenvalue weighted by molar-refractivity contribution is 6.18. The summed E-state index contributed by atoms with van der Waals surface area (Å²) in [7, 11) is 0. The molecular weight excluding hydrogens is 170 g/mol. The smallest absolute Gasteiger partial charge is 0.0377 e. The molecule has 0 aliphatic rings. The van der Waals surface area contributed by atoms with E-state index < -0.39 is 0 Å². The van der Waals surface area contributed by atoms with E-state index in [0.717, 1.165) is 18.3 Å². The molecule has 0 aliphatic carbocycles. The van der Waals surface area contributed by atoms with Crippen molar-refractivity contribution in [1.29, 1.82) is 0 Å². The number of alkyl halides is 1. The van der Waals surface area contributed by atoms with E-state index >= 15 is 0 Å². The molecule has 0 amide bonds. The fourth-order valence-electron chi connectivity index (χ4n) is 1.17. The molecule has 0 radical (unpaired) electrons. The van der Waals surface area contributed by atoms with Gasteiger partial charge in [-0.15, -0.1) is 11.6 Å². The Kier molecular flexibility index (Phi) is 6.87. The van der Waals surface area contributed by atoms with Crippen molar-refractivity contribution < 1.29 is 0 Å². The summed E-state index contributed by atoms with van der Waals surface area (Å²) in [5.74, 6) is 2.17. The standard InChI is InChI=1S/C10H22ClN/c1-8(2)5-10(6-11)12-7-9(3)4/h8-10,12H,5-7H2,1-4H3/t10-/m0/s1. The zero-order valence-electron chi connectivity index (χ0n) is 8.73. The van der Waals surface area contributed by atoms with Crippen LogP contribution < -0.4 is 5.32 Å². The molecule has 0 bridgehead atoms. The van der Waals surface area contributed by atoms with Gasteiger partial charge in [0.25, 0.3) is 0 Å². The molecule has 0 saturated heterocycles. The molecule has 0 aromatic carbocycles. The van der Waals surface area contributed by atoms with Crippen LogP contribution in [0.4, 0.5) is 0 Å². The van der Waals surface area contributed by atoms with E-state index in [1.807, 2.05) is 0 Å². The average molecular weight is 192 g/mol. The van der Waals surface area contributed by atoms with Crippen molar-refractivity contribution in [2.24, 2.45) is 11.8 Å². The Balaban J connectivity index is 3.53. The van der Waals surface area contributed by atoms with Crippen molar-refractivity contribution >= 4 is 11.6 Å². The monoisotopic (exact) mass is 191 g/mol. The highest BCUT2D eigenvalue weighted by Gasteiger charge is 2.08. The van der Waals surface area contributed by atoms with Gasteiger partial charge in [0.1, 0.15) is 0 Å². The van der Waals surface area contributed by atoms with Gasteiger partial charge in [0, 0.05) is 11.9 Å². The molecule has 0 aromatic heterocycles. The lowest BCUT2D eigenvalue weighted by Crippen LogP contribution is -2.34. The molecule has 0 saturated carbocycles. The van der Waals surface area contributed by atoms with Crippen LogP contribution in [-0.2, 0) is 0 Å². The van der Waals surface area contributed by atoms with E-state index in [-0.39, 0.29) is 0 Å². The van der Waals surface area contributed by atoms with E-state index in [0.29, 0.717) is 12.0 Å². The topological polar surface area (TPSA) is 12.0 Å². The first-order valence-corrected chi connectivity index (χ1v) is 5.39. The van der Waals surface area contributed by atoms with Gasteiger partial charge < -0.3 is 5.32 Å². The Bertz CT molecular complexity index is 102. The maximum Gasteiger partial charge on any atom is 0.0377 e. The van der Waals surface area contributed by atoms with Crippen molar-refractivity contribution in [2.45, 2.75) is 40.2 Å². The van der Waals surface area contributed by atoms with Crippen LogP contribution >= 0.6 is 11.6 Å². The first-order chi connectivity index (χ1) is 5.56. The van der Waals surface area contributed by atoms with E-state index in [4.69, 9.17) is 11.6 Å². The number of hydrogen-bond acceptors (Lipinski definition) is 1. The molecular formula is C10H22ClN. The molecule has 74 valence electrons. The number of nitrogens with one attached hydrogen (secondary N) is 1. The van der Waals surface area contributed by atoms with Crippen LogP contribution in [0.2, 0.25) is 0 Å². The quantitative estimate of drug-likeness (QED) is 0.637. The Labute approximate surface area is 81.9 Å². The third-order valence-corrected chi connectivity index (χ3v) is 2.13. The van der Waals surface area contributed by atoms with Crippen molar-refractivity contribution in [1.82, 2.24) is 5.32 Å². The van der Waals surface area contributed by atoms with Crippen LogP contribution in [0, 0.1) is 11.8 Å². The zero-order chi connectivity index (χ0) is 9.56. The summed E-state index contributed by atoms with van der Waals surface area (Å²) in [6.45, 7) is 9.97. The Morgan fingerprint density at radius 2 is 1.67 bits per heavy atom. The van der Waals surface area contributed by atoms with Crippen LogP contribution in [0.15, 0.2) is 0 Å². The van der Waals surface area contributed by atoms with Gasteiger partial charge in [-0.05, 0) is 24.8 Å².